The highest BCUT2D eigenvalue weighted by molar-refractivity contribution is 8.14. The van der Waals surface area contributed by atoms with Crippen molar-refractivity contribution >= 4 is 22.8 Å². The van der Waals surface area contributed by atoms with Crippen LogP contribution in [-0.2, 0) is 23.7 Å². The molecule has 0 amide bonds. The van der Waals surface area contributed by atoms with E-state index in [1.165, 1.54) is 5.57 Å². The minimum absolute atomic E-state index is 0.0582. The fourth-order valence-electron chi connectivity index (χ4n) is 8.07. The summed E-state index contributed by atoms with van der Waals surface area (Å²) < 4.78 is 25.8. The number of aliphatic hydroxyl groups is 2. The Balaban J connectivity index is 1.34. The molecule has 1 spiro atoms. The van der Waals surface area contributed by atoms with Gasteiger partial charge in [0.1, 0.15) is 29.8 Å². The minimum atomic E-state index is -1.82. The number of aliphatic hydroxyl groups excluding tert-OH is 1. The lowest BCUT2D eigenvalue weighted by atomic mass is 9.71. The Labute approximate surface area is 288 Å². The lowest BCUT2D eigenvalue weighted by Gasteiger charge is -2.50. The fraction of sp³-hybridized carbons (Fsp3) is 0.590. The maximum Gasteiger partial charge on any atom is 0.316 e. The number of carbonyl (C=O) groups is 2. The number of carbonyl (C=O) groups excluding carboxylic acids is 2. The van der Waals surface area contributed by atoms with E-state index in [0.717, 1.165) is 37.4 Å². The molecule has 9 heteroatoms. The van der Waals surface area contributed by atoms with E-state index < -0.39 is 41.6 Å². The van der Waals surface area contributed by atoms with Crippen molar-refractivity contribution in [2.75, 3.05) is 12.4 Å². The smallest absolute Gasteiger partial charge is 0.316 e. The summed E-state index contributed by atoms with van der Waals surface area (Å²) in [6, 6.07) is 8.94. The van der Waals surface area contributed by atoms with Crippen LogP contribution >= 0.6 is 11.8 Å². The molecule has 48 heavy (non-hydrogen) atoms. The van der Waals surface area contributed by atoms with Gasteiger partial charge in [-0.25, -0.2) is 0 Å². The SMILES string of the molecule is CC[C@H]1O[C@]2(CC[C@@H]1C)C[C@@H]1C[C@@H](C/C=C(\C)C[C@@H](C)/C=C/C=C3\CO[C@@H]4[C@H](O)C(CSC(=O)c5ccccc5)=C[C@@H](C(=O)O1)[C@]34O)O2. The first-order valence-corrected chi connectivity index (χ1v) is 18.5. The molecule has 1 aliphatic carbocycles. The summed E-state index contributed by atoms with van der Waals surface area (Å²) in [5, 5.41) is 23.8. The first-order chi connectivity index (χ1) is 23.0. The Morgan fingerprint density at radius 3 is 2.69 bits per heavy atom. The van der Waals surface area contributed by atoms with E-state index in [-0.39, 0.29) is 35.6 Å². The van der Waals surface area contributed by atoms with Crippen molar-refractivity contribution < 1.29 is 38.7 Å². The average molecular weight is 679 g/mol. The quantitative estimate of drug-likeness (QED) is 0.273. The van der Waals surface area contributed by atoms with E-state index in [9.17, 15) is 19.8 Å². The van der Waals surface area contributed by atoms with Crippen LogP contribution in [0, 0.1) is 17.8 Å². The summed E-state index contributed by atoms with van der Waals surface area (Å²) in [5.41, 5.74) is 0.957. The van der Waals surface area contributed by atoms with Crippen LogP contribution in [0.2, 0.25) is 0 Å². The van der Waals surface area contributed by atoms with Crippen LogP contribution in [0.5, 0.6) is 0 Å². The Morgan fingerprint density at radius 1 is 1.12 bits per heavy atom. The van der Waals surface area contributed by atoms with Crippen LogP contribution in [0.4, 0.5) is 0 Å². The second-order valence-electron chi connectivity index (χ2n) is 14.4. The number of hydrogen-bond acceptors (Lipinski definition) is 9. The van der Waals surface area contributed by atoms with E-state index in [1.807, 2.05) is 18.2 Å². The topological polar surface area (TPSA) is 112 Å². The summed E-state index contributed by atoms with van der Waals surface area (Å²) in [6.07, 6.45) is 11.7. The molecule has 1 aromatic carbocycles. The third kappa shape index (κ3) is 7.32. The van der Waals surface area contributed by atoms with Gasteiger partial charge in [0.05, 0.1) is 18.8 Å². The second kappa shape index (κ2) is 14.8. The molecule has 1 aromatic rings. The van der Waals surface area contributed by atoms with Crippen molar-refractivity contribution in [3.05, 3.63) is 83.0 Å². The van der Waals surface area contributed by atoms with Crippen molar-refractivity contribution in [2.24, 2.45) is 17.8 Å². The number of hydrogen-bond donors (Lipinski definition) is 2. The Hall–Kier alpha value is -2.53. The Morgan fingerprint density at radius 2 is 1.92 bits per heavy atom. The van der Waals surface area contributed by atoms with Gasteiger partial charge in [0.15, 0.2) is 5.79 Å². The largest absolute Gasteiger partial charge is 0.462 e. The molecule has 4 heterocycles. The second-order valence-corrected chi connectivity index (χ2v) is 15.4. The standard InChI is InChI=1S/C39H50O8S/c1-5-33-26(4)16-17-38(47-33)21-31-20-30(46-38)15-14-25(3)18-24(2)10-9-13-29-22-44-35-34(40)28(19-32(36(41)45-31)39(29,35)43)23-48-37(42)27-11-7-6-8-12-27/h6-14,19,24,26,30-35,40,43H,5,15-18,20-23H2,1-4H3/b10-9+,25-14+,29-13+/t24-,26-,30+,31-,32-,33+,34+,35+,38+,39+/m0/s1. The van der Waals surface area contributed by atoms with Crippen molar-refractivity contribution in [1.29, 1.82) is 0 Å². The monoisotopic (exact) mass is 678 g/mol. The van der Waals surface area contributed by atoms with Gasteiger partial charge < -0.3 is 29.2 Å². The number of benzene rings is 1. The molecule has 6 rings (SSSR count). The van der Waals surface area contributed by atoms with E-state index in [1.54, 1.807) is 30.3 Å². The molecule has 3 saturated heterocycles. The van der Waals surface area contributed by atoms with Gasteiger partial charge >= 0.3 is 5.97 Å². The van der Waals surface area contributed by atoms with Crippen molar-refractivity contribution in [3.63, 3.8) is 0 Å². The maximum atomic E-state index is 14.3. The van der Waals surface area contributed by atoms with Crippen molar-refractivity contribution in [1.82, 2.24) is 0 Å². The number of rotatable bonds is 4. The lowest BCUT2D eigenvalue weighted by Crippen LogP contribution is -2.58. The molecule has 10 atom stereocenters. The van der Waals surface area contributed by atoms with E-state index >= 15 is 0 Å². The molecule has 2 bridgehead atoms. The molecule has 0 saturated carbocycles. The van der Waals surface area contributed by atoms with Gasteiger partial charge in [0, 0.05) is 30.6 Å². The zero-order valence-electron chi connectivity index (χ0n) is 28.5. The third-order valence-corrected chi connectivity index (χ3v) is 11.7. The van der Waals surface area contributed by atoms with Crippen LogP contribution in [0.3, 0.4) is 0 Å². The number of esters is 1. The normalized spacial score (nSPS) is 41.6. The van der Waals surface area contributed by atoms with E-state index in [0.29, 0.717) is 41.9 Å². The molecule has 0 aromatic heterocycles. The summed E-state index contributed by atoms with van der Waals surface area (Å²) >= 11 is 1.05. The molecule has 2 N–H and O–H groups in total. The highest BCUT2D eigenvalue weighted by Crippen LogP contribution is 2.48. The summed E-state index contributed by atoms with van der Waals surface area (Å²) in [6.45, 7) is 8.68. The number of allylic oxidation sites excluding steroid dienone is 4. The third-order valence-electron chi connectivity index (χ3n) is 10.7. The minimum Gasteiger partial charge on any atom is -0.462 e. The van der Waals surface area contributed by atoms with Crippen LogP contribution in [-0.4, -0.2) is 75.6 Å². The first-order valence-electron chi connectivity index (χ1n) is 17.6. The van der Waals surface area contributed by atoms with Crippen molar-refractivity contribution in [2.45, 2.75) is 115 Å². The summed E-state index contributed by atoms with van der Waals surface area (Å²) in [7, 11) is 0. The molecule has 4 aliphatic heterocycles. The first kappa shape index (κ1) is 35.3. The summed E-state index contributed by atoms with van der Waals surface area (Å²) in [5.74, 6) is -1.78. The van der Waals surface area contributed by atoms with Crippen LogP contribution in [0.25, 0.3) is 0 Å². The predicted octanol–water partition coefficient (Wildman–Crippen LogP) is 6.48. The fourth-order valence-corrected chi connectivity index (χ4v) is 8.94. The number of thioether (sulfide) groups is 1. The number of fused-ring (bicyclic) bond motifs is 2. The number of ether oxygens (including phenoxy) is 4. The molecule has 0 radical (unpaired) electrons. The van der Waals surface area contributed by atoms with Crippen LogP contribution in [0.1, 0.15) is 83.0 Å². The van der Waals surface area contributed by atoms with Crippen LogP contribution < -0.4 is 0 Å². The van der Waals surface area contributed by atoms with Crippen LogP contribution in [0.15, 0.2) is 77.4 Å². The van der Waals surface area contributed by atoms with Gasteiger partial charge in [0.2, 0.25) is 5.12 Å². The molecule has 5 aliphatic rings. The predicted molar refractivity (Wildman–Crippen MR) is 185 cm³/mol. The zero-order chi connectivity index (χ0) is 34.1. The molecule has 260 valence electrons. The average Bonchev–Trinajstić information content (AvgIpc) is 3.41. The van der Waals surface area contributed by atoms with Gasteiger partial charge in [-0.2, -0.15) is 0 Å². The van der Waals surface area contributed by atoms with E-state index in [2.05, 4.69) is 39.8 Å². The molecular formula is C39H50O8S. The van der Waals surface area contributed by atoms with E-state index in [4.69, 9.17) is 18.9 Å². The molecular weight excluding hydrogens is 628 g/mol. The van der Waals surface area contributed by atoms with Crippen molar-refractivity contribution in [3.8, 4) is 0 Å². The molecule has 3 fully saturated rings. The van der Waals surface area contributed by atoms with Gasteiger partial charge in [0.25, 0.3) is 0 Å². The maximum absolute atomic E-state index is 14.3. The van der Waals surface area contributed by atoms with Gasteiger partial charge in [-0.3, -0.25) is 9.59 Å². The van der Waals surface area contributed by atoms with Gasteiger partial charge in [-0.15, -0.1) is 0 Å². The highest BCUT2D eigenvalue weighted by Gasteiger charge is 2.60. The highest BCUT2D eigenvalue weighted by atomic mass is 32.2. The van der Waals surface area contributed by atoms with Gasteiger partial charge in [-0.1, -0.05) is 98.8 Å². The zero-order valence-corrected chi connectivity index (χ0v) is 29.3. The molecule has 0 unspecified atom stereocenters. The van der Waals surface area contributed by atoms with Gasteiger partial charge in [-0.05, 0) is 55.6 Å². The summed E-state index contributed by atoms with van der Waals surface area (Å²) in [4.78, 5) is 27.3. The lowest BCUT2D eigenvalue weighted by molar-refractivity contribution is -0.335. The Bertz CT molecular complexity index is 1470. The Kier molecular flexibility index (Phi) is 10.9. The molecule has 8 nitrogen and oxygen atoms in total.